The van der Waals surface area contributed by atoms with Crippen LogP contribution < -0.4 is 5.73 Å². The Morgan fingerprint density at radius 3 is 2.64 bits per heavy atom. The Morgan fingerprint density at radius 2 is 2.09 bits per heavy atom. The number of halogens is 1. The monoisotopic (exact) mass is 153 g/mol. The Morgan fingerprint density at radius 1 is 1.45 bits per heavy atom. The zero-order valence-electron chi connectivity index (χ0n) is 6.82. The number of rotatable bonds is 1. The van der Waals surface area contributed by atoms with Crippen molar-refractivity contribution in [3.63, 3.8) is 0 Å². The van der Waals surface area contributed by atoms with E-state index < -0.39 is 0 Å². The lowest BCUT2D eigenvalue weighted by molar-refractivity contribution is 0.603. The van der Waals surface area contributed by atoms with Gasteiger partial charge in [0.1, 0.15) is 5.82 Å². The van der Waals surface area contributed by atoms with Crippen molar-refractivity contribution in [2.75, 3.05) is 5.73 Å². The Kier molecular flexibility index (Phi) is 2.13. The number of anilines is 1. The van der Waals surface area contributed by atoms with Crippen LogP contribution >= 0.6 is 0 Å². The SMILES string of the molecule is CCc1cc(N)cc(C)c1F. The third-order valence-corrected chi connectivity index (χ3v) is 1.73. The van der Waals surface area contributed by atoms with E-state index in [0.717, 1.165) is 0 Å². The van der Waals surface area contributed by atoms with Gasteiger partial charge in [0, 0.05) is 5.69 Å². The number of nitrogen functional groups attached to an aromatic ring is 1. The van der Waals surface area contributed by atoms with E-state index in [1.54, 1.807) is 19.1 Å². The van der Waals surface area contributed by atoms with Crippen LogP contribution in [0.4, 0.5) is 10.1 Å². The molecular weight excluding hydrogens is 141 g/mol. The molecule has 11 heavy (non-hydrogen) atoms. The fourth-order valence-electron chi connectivity index (χ4n) is 1.13. The van der Waals surface area contributed by atoms with Crippen LogP contribution in [-0.2, 0) is 6.42 Å². The lowest BCUT2D eigenvalue weighted by Gasteiger charge is -2.04. The largest absolute Gasteiger partial charge is 0.399 e. The maximum Gasteiger partial charge on any atom is 0.129 e. The molecule has 0 aliphatic carbocycles. The number of hydrogen-bond donors (Lipinski definition) is 1. The quantitative estimate of drug-likeness (QED) is 0.615. The molecule has 1 rings (SSSR count). The fraction of sp³-hybridized carbons (Fsp3) is 0.333. The summed E-state index contributed by atoms with van der Waals surface area (Å²) in [7, 11) is 0. The van der Waals surface area contributed by atoms with Gasteiger partial charge in [-0.2, -0.15) is 0 Å². The summed E-state index contributed by atoms with van der Waals surface area (Å²) in [6.07, 6.45) is 0.692. The summed E-state index contributed by atoms with van der Waals surface area (Å²) >= 11 is 0. The van der Waals surface area contributed by atoms with Gasteiger partial charge in [-0.15, -0.1) is 0 Å². The first kappa shape index (κ1) is 8.05. The second-order valence-electron chi connectivity index (χ2n) is 2.66. The van der Waals surface area contributed by atoms with E-state index in [-0.39, 0.29) is 5.82 Å². The van der Waals surface area contributed by atoms with E-state index in [0.29, 0.717) is 23.2 Å². The topological polar surface area (TPSA) is 26.0 Å². The maximum absolute atomic E-state index is 13.1. The highest BCUT2D eigenvalue weighted by atomic mass is 19.1. The minimum Gasteiger partial charge on any atom is -0.399 e. The fourth-order valence-corrected chi connectivity index (χ4v) is 1.13. The van der Waals surface area contributed by atoms with Gasteiger partial charge < -0.3 is 5.73 Å². The molecule has 2 heteroatoms. The third-order valence-electron chi connectivity index (χ3n) is 1.73. The maximum atomic E-state index is 13.1. The molecule has 1 nitrogen and oxygen atoms in total. The lowest BCUT2D eigenvalue weighted by atomic mass is 10.1. The number of nitrogens with two attached hydrogens (primary N) is 1. The molecule has 0 amide bonds. The molecule has 0 atom stereocenters. The van der Waals surface area contributed by atoms with Crippen molar-refractivity contribution in [2.45, 2.75) is 20.3 Å². The highest BCUT2D eigenvalue weighted by Gasteiger charge is 2.03. The molecule has 1 aromatic carbocycles. The summed E-state index contributed by atoms with van der Waals surface area (Å²) in [4.78, 5) is 0. The molecule has 0 unspecified atom stereocenters. The van der Waals surface area contributed by atoms with Crippen LogP contribution in [0.2, 0.25) is 0 Å². The molecule has 0 radical (unpaired) electrons. The predicted molar refractivity (Wildman–Crippen MR) is 44.9 cm³/mol. The van der Waals surface area contributed by atoms with Gasteiger partial charge in [0.2, 0.25) is 0 Å². The molecule has 1 aromatic rings. The summed E-state index contributed by atoms with van der Waals surface area (Å²) in [5, 5.41) is 0. The molecule has 0 saturated heterocycles. The van der Waals surface area contributed by atoms with E-state index in [4.69, 9.17) is 5.73 Å². The van der Waals surface area contributed by atoms with Crippen LogP contribution in [0.25, 0.3) is 0 Å². The normalized spacial score (nSPS) is 10.1. The second-order valence-corrected chi connectivity index (χ2v) is 2.66. The van der Waals surface area contributed by atoms with Crippen LogP contribution in [0.15, 0.2) is 12.1 Å². The first-order valence-corrected chi connectivity index (χ1v) is 3.69. The molecule has 0 saturated carbocycles. The zero-order chi connectivity index (χ0) is 8.43. The predicted octanol–water partition coefficient (Wildman–Crippen LogP) is 2.28. The van der Waals surface area contributed by atoms with E-state index >= 15 is 0 Å². The molecule has 0 aromatic heterocycles. The molecule has 0 spiro atoms. The molecule has 0 bridgehead atoms. The molecule has 0 heterocycles. The summed E-state index contributed by atoms with van der Waals surface area (Å²) in [6, 6.07) is 3.33. The second kappa shape index (κ2) is 2.91. The van der Waals surface area contributed by atoms with Gasteiger partial charge in [-0.05, 0) is 36.6 Å². The third kappa shape index (κ3) is 1.50. The summed E-state index contributed by atoms with van der Waals surface area (Å²) in [5.74, 6) is -0.123. The standard InChI is InChI=1S/C9H12FN/c1-3-7-5-8(11)4-6(2)9(7)10/h4-5H,3,11H2,1-2H3. The van der Waals surface area contributed by atoms with Crippen molar-refractivity contribution in [3.05, 3.63) is 29.1 Å². The summed E-state index contributed by atoms with van der Waals surface area (Å²) < 4.78 is 13.1. The Hall–Kier alpha value is -1.05. The summed E-state index contributed by atoms with van der Waals surface area (Å²) in [6.45, 7) is 3.64. The molecule has 60 valence electrons. The van der Waals surface area contributed by atoms with Crippen LogP contribution in [0.5, 0.6) is 0 Å². The van der Waals surface area contributed by atoms with Crippen molar-refractivity contribution >= 4 is 5.69 Å². The average molecular weight is 153 g/mol. The van der Waals surface area contributed by atoms with Crippen LogP contribution in [-0.4, -0.2) is 0 Å². The highest BCUT2D eigenvalue weighted by molar-refractivity contribution is 5.45. The van der Waals surface area contributed by atoms with Crippen LogP contribution in [0, 0.1) is 12.7 Å². The number of aryl methyl sites for hydroxylation is 2. The van der Waals surface area contributed by atoms with Gasteiger partial charge in [0.25, 0.3) is 0 Å². The molecule has 2 N–H and O–H groups in total. The molecule has 0 aliphatic heterocycles. The first-order chi connectivity index (χ1) is 5.15. The Bertz CT molecular complexity index is 269. The molecular formula is C9H12FN. The van der Waals surface area contributed by atoms with Crippen molar-refractivity contribution < 1.29 is 4.39 Å². The van der Waals surface area contributed by atoms with Gasteiger partial charge in [-0.25, -0.2) is 4.39 Å². The van der Waals surface area contributed by atoms with Gasteiger partial charge in [-0.1, -0.05) is 6.92 Å². The Labute approximate surface area is 66.0 Å². The van der Waals surface area contributed by atoms with Gasteiger partial charge in [0.05, 0.1) is 0 Å². The zero-order valence-corrected chi connectivity index (χ0v) is 6.82. The number of hydrogen-bond acceptors (Lipinski definition) is 1. The smallest absolute Gasteiger partial charge is 0.129 e. The van der Waals surface area contributed by atoms with Gasteiger partial charge in [0.15, 0.2) is 0 Å². The lowest BCUT2D eigenvalue weighted by Crippen LogP contribution is -1.95. The van der Waals surface area contributed by atoms with Gasteiger partial charge in [-0.3, -0.25) is 0 Å². The molecule has 0 fully saturated rings. The Balaban J connectivity index is 3.24. The van der Waals surface area contributed by atoms with Crippen molar-refractivity contribution in [2.24, 2.45) is 0 Å². The minimum absolute atomic E-state index is 0.123. The van der Waals surface area contributed by atoms with Crippen molar-refractivity contribution in [3.8, 4) is 0 Å². The van der Waals surface area contributed by atoms with Crippen LogP contribution in [0.1, 0.15) is 18.1 Å². The van der Waals surface area contributed by atoms with Gasteiger partial charge >= 0.3 is 0 Å². The van der Waals surface area contributed by atoms with E-state index in [2.05, 4.69) is 0 Å². The van der Waals surface area contributed by atoms with E-state index in [1.807, 2.05) is 6.92 Å². The van der Waals surface area contributed by atoms with Crippen molar-refractivity contribution in [1.82, 2.24) is 0 Å². The molecule has 0 aliphatic rings. The van der Waals surface area contributed by atoms with E-state index in [1.165, 1.54) is 0 Å². The number of benzene rings is 1. The first-order valence-electron chi connectivity index (χ1n) is 3.69. The van der Waals surface area contributed by atoms with Crippen LogP contribution in [0.3, 0.4) is 0 Å². The highest BCUT2D eigenvalue weighted by Crippen LogP contribution is 2.16. The average Bonchev–Trinajstić information content (AvgIpc) is 1.96. The summed E-state index contributed by atoms with van der Waals surface area (Å²) in [5.41, 5.74) is 7.50. The van der Waals surface area contributed by atoms with E-state index in [9.17, 15) is 4.39 Å². The minimum atomic E-state index is -0.123. The van der Waals surface area contributed by atoms with Crippen molar-refractivity contribution in [1.29, 1.82) is 0 Å².